The van der Waals surface area contributed by atoms with E-state index >= 15 is 0 Å². The standard InChI is InChI=1S/C16H20N4O6/c21-15(18-7-2-1-3-8-18)5-4-6-17-16(22)12-9-13(19(23)24)11-14(10-12)20(25)26/h9-11H,1-8H2,(H,17,22). The van der Waals surface area contributed by atoms with E-state index in [4.69, 9.17) is 0 Å². The summed E-state index contributed by atoms with van der Waals surface area (Å²) in [5.74, 6) is -0.604. The molecular weight excluding hydrogens is 344 g/mol. The Morgan fingerprint density at radius 1 is 1.00 bits per heavy atom. The van der Waals surface area contributed by atoms with Crippen LogP contribution in [0.3, 0.4) is 0 Å². The third-order valence-corrected chi connectivity index (χ3v) is 4.15. The molecule has 1 aliphatic heterocycles. The zero-order valence-electron chi connectivity index (χ0n) is 14.2. The number of nitrogens with zero attached hydrogens (tertiary/aromatic N) is 3. The molecule has 1 saturated heterocycles. The first-order valence-electron chi connectivity index (χ1n) is 8.38. The molecular formula is C16H20N4O6. The van der Waals surface area contributed by atoms with Crippen LogP contribution in [0.1, 0.15) is 42.5 Å². The van der Waals surface area contributed by atoms with Crippen LogP contribution >= 0.6 is 0 Å². The molecule has 0 aliphatic carbocycles. The number of nitro groups is 2. The summed E-state index contributed by atoms with van der Waals surface area (Å²) in [5.41, 5.74) is -1.21. The van der Waals surface area contributed by atoms with E-state index in [1.165, 1.54) is 0 Å². The zero-order chi connectivity index (χ0) is 19.1. The minimum Gasteiger partial charge on any atom is -0.352 e. The Labute approximate surface area is 149 Å². The molecule has 0 atom stereocenters. The Kier molecular flexibility index (Phi) is 6.59. The van der Waals surface area contributed by atoms with Crippen molar-refractivity contribution in [1.29, 1.82) is 0 Å². The van der Waals surface area contributed by atoms with Crippen molar-refractivity contribution in [3.05, 3.63) is 44.0 Å². The van der Waals surface area contributed by atoms with Crippen molar-refractivity contribution >= 4 is 23.2 Å². The van der Waals surface area contributed by atoms with E-state index < -0.39 is 27.1 Å². The average molecular weight is 364 g/mol. The normalized spacial score (nSPS) is 13.9. The first-order chi connectivity index (χ1) is 12.4. The molecule has 140 valence electrons. The van der Waals surface area contributed by atoms with Gasteiger partial charge in [0.1, 0.15) is 0 Å². The first-order valence-corrected chi connectivity index (χ1v) is 8.38. The summed E-state index contributed by atoms with van der Waals surface area (Å²) in [5, 5.41) is 24.2. The van der Waals surface area contributed by atoms with Gasteiger partial charge in [0, 0.05) is 38.2 Å². The van der Waals surface area contributed by atoms with Gasteiger partial charge in [0.05, 0.1) is 21.5 Å². The lowest BCUT2D eigenvalue weighted by Crippen LogP contribution is -2.36. The monoisotopic (exact) mass is 364 g/mol. The summed E-state index contributed by atoms with van der Waals surface area (Å²) in [7, 11) is 0. The quantitative estimate of drug-likeness (QED) is 0.446. The maximum absolute atomic E-state index is 12.1. The topological polar surface area (TPSA) is 136 Å². The second-order valence-corrected chi connectivity index (χ2v) is 6.05. The SMILES string of the molecule is O=C(NCCCC(=O)N1CCCCC1)c1cc([N+](=O)[O-])cc([N+](=O)[O-])c1. The molecule has 0 radical (unpaired) electrons. The fraction of sp³-hybridized carbons (Fsp3) is 0.500. The molecule has 2 rings (SSSR count). The smallest absolute Gasteiger partial charge is 0.277 e. The van der Waals surface area contributed by atoms with E-state index in [1.54, 1.807) is 0 Å². The van der Waals surface area contributed by atoms with Gasteiger partial charge >= 0.3 is 0 Å². The molecule has 0 unspecified atom stereocenters. The molecule has 0 spiro atoms. The largest absolute Gasteiger partial charge is 0.352 e. The molecule has 26 heavy (non-hydrogen) atoms. The molecule has 10 nitrogen and oxygen atoms in total. The zero-order valence-corrected chi connectivity index (χ0v) is 14.2. The van der Waals surface area contributed by atoms with E-state index in [0.717, 1.165) is 50.6 Å². The third-order valence-electron chi connectivity index (χ3n) is 4.15. The molecule has 1 aromatic rings. The molecule has 10 heteroatoms. The number of hydrogen-bond acceptors (Lipinski definition) is 6. The lowest BCUT2D eigenvalue weighted by molar-refractivity contribution is -0.394. The minimum atomic E-state index is -0.791. The second kappa shape index (κ2) is 8.88. The predicted octanol–water partition coefficient (Wildman–Crippen LogP) is 2.03. The van der Waals surface area contributed by atoms with Gasteiger partial charge in [-0.2, -0.15) is 0 Å². The van der Waals surface area contributed by atoms with Crippen LogP contribution in [0.15, 0.2) is 18.2 Å². The molecule has 2 amide bonds. The van der Waals surface area contributed by atoms with Crippen LogP contribution in [0, 0.1) is 20.2 Å². The van der Waals surface area contributed by atoms with Crippen LogP contribution in [0.2, 0.25) is 0 Å². The number of hydrogen-bond donors (Lipinski definition) is 1. The Bertz CT molecular complexity index is 682. The van der Waals surface area contributed by atoms with E-state index in [-0.39, 0.29) is 18.0 Å². The highest BCUT2D eigenvalue weighted by Gasteiger charge is 2.20. The Hall–Kier alpha value is -3.04. The van der Waals surface area contributed by atoms with Crippen molar-refractivity contribution < 1.29 is 19.4 Å². The third kappa shape index (κ3) is 5.23. The van der Waals surface area contributed by atoms with E-state index in [9.17, 15) is 29.8 Å². The van der Waals surface area contributed by atoms with Crippen molar-refractivity contribution in [2.24, 2.45) is 0 Å². The molecule has 1 N–H and O–H groups in total. The lowest BCUT2D eigenvalue weighted by atomic mass is 10.1. The van der Waals surface area contributed by atoms with Crippen molar-refractivity contribution in [3.8, 4) is 0 Å². The maximum atomic E-state index is 12.1. The summed E-state index contributed by atoms with van der Waals surface area (Å²) in [4.78, 5) is 46.0. The van der Waals surface area contributed by atoms with Crippen molar-refractivity contribution in [2.75, 3.05) is 19.6 Å². The van der Waals surface area contributed by atoms with Crippen molar-refractivity contribution in [1.82, 2.24) is 10.2 Å². The molecule has 0 bridgehead atoms. The van der Waals surface area contributed by atoms with Gasteiger partial charge in [0.25, 0.3) is 17.3 Å². The summed E-state index contributed by atoms with van der Waals surface area (Å²) < 4.78 is 0. The highest BCUT2D eigenvalue weighted by Crippen LogP contribution is 2.22. The number of rotatable bonds is 7. The van der Waals surface area contributed by atoms with E-state index in [0.29, 0.717) is 12.8 Å². The Balaban J connectivity index is 1.88. The average Bonchev–Trinajstić information content (AvgIpc) is 2.65. The maximum Gasteiger partial charge on any atom is 0.277 e. The van der Waals surface area contributed by atoms with Crippen LogP contribution in [-0.2, 0) is 4.79 Å². The van der Waals surface area contributed by atoms with Gasteiger partial charge in [-0.1, -0.05) is 0 Å². The number of piperidine rings is 1. The summed E-state index contributed by atoms with van der Waals surface area (Å²) in [6.45, 7) is 1.74. The van der Waals surface area contributed by atoms with Gasteiger partial charge in [-0.05, 0) is 25.7 Å². The van der Waals surface area contributed by atoms with Crippen LogP contribution in [-0.4, -0.2) is 46.2 Å². The van der Waals surface area contributed by atoms with Crippen LogP contribution in [0.25, 0.3) is 0 Å². The van der Waals surface area contributed by atoms with Crippen LogP contribution < -0.4 is 5.32 Å². The van der Waals surface area contributed by atoms with E-state index in [1.807, 2.05) is 4.90 Å². The van der Waals surface area contributed by atoms with Crippen molar-refractivity contribution in [2.45, 2.75) is 32.1 Å². The molecule has 1 aromatic carbocycles. The molecule has 0 saturated carbocycles. The van der Waals surface area contributed by atoms with Gasteiger partial charge in [0.2, 0.25) is 5.91 Å². The summed E-state index contributed by atoms with van der Waals surface area (Å²) in [6, 6.07) is 2.77. The lowest BCUT2D eigenvalue weighted by Gasteiger charge is -2.26. The van der Waals surface area contributed by atoms with Gasteiger partial charge < -0.3 is 10.2 Å². The highest BCUT2D eigenvalue weighted by molar-refractivity contribution is 5.95. The van der Waals surface area contributed by atoms with Gasteiger partial charge in [-0.15, -0.1) is 0 Å². The predicted molar refractivity (Wildman–Crippen MR) is 91.7 cm³/mol. The number of carbonyl (C=O) groups is 2. The fourth-order valence-corrected chi connectivity index (χ4v) is 2.78. The van der Waals surface area contributed by atoms with Gasteiger partial charge in [0.15, 0.2) is 0 Å². The number of benzene rings is 1. The van der Waals surface area contributed by atoms with Crippen LogP contribution in [0.4, 0.5) is 11.4 Å². The highest BCUT2D eigenvalue weighted by atomic mass is 16.6. The Morgan fingerprint density at radius 2 is 1.58 bits per heavy atom. The number of carbonyl (C=O) groups excluding carboxylic acids is 2. The summed E-state index contributed by atoms with van der Waals surface area (Å²) >= 11 is 0. The number of amides is 2. The minimum absolute atomic E-state index is 0.0462. The van der Waals surface area contributed by atoms with Crippen molar-refractivity contribution in [3.63, 3.8) is 0 Å². The van der Waals surface area contributed by atoms with Crippen LogP contribution in [0.5, 0.6) is 0 Å². The Morgan fingerprint density at radius 3 is 2.12 bits per heavy atom. The molecule has 1 fully saturated rings. The number of likely N-dealkylation sites (tertiary alicyclic amines) is 1. The van der Waals surface area contributed by atoms with Gasteiger partial charge in [-0.3, -0.25) is 29.8 Å². The van der Waals surface area contributed by atoms with E-state index in [2.05, 4.69) is 5.32 Å². The number of non-ortho nitro benzene ring substituents is 2. The number of nitro benzene ring substituents is 2. The fourth-order valence-electron chi connectivity index (χ4n) is 2.78. The molecule has 1 aliphatic rings. The summed E-state index contributed by atoms with van der Waals surface area (Å²) in [6.07, 6.45) is 3.88. The number of nitrogens with one attached hydrogen (secondary N) is 1. The molecule has 0 aromatic heterocycles. The molecule has 1 heterocycles. The second-order valence-electron chi connectivity index (χ2n) is 6.05. The van der Waals surface area contributed by atoms with Gasteiger partial charge in [-0.25, -0.2) is 0 Å². The first kappa shape index (κ1) is 19.3.